The first-order chi connectivity index (χ1) is 17.4. The van der Waals surface area contributed by atoms with Crippen molar-refractivity contribution in [1.82, 2.24) is 24.9 Å². The summed E-state index contributed by atoms with van der Waals surface area (Å²) in [6.07, 6.45) is -0.202. The highest BCUT2D eigenvalue weighted by atomic mass is 32.2. The molecule has 4 aromatic rings. The molecule has 1 fully saturated rings. The van der Waals surface area contributed by atoms with E-state index < -0.39 is 27.6 Å². The SMILES string of the molecule is Cc1ccccc1S(=O)(=O)c1nc2[nH]ccc2c2c1nc([C@@H](C)O)n2N1CC(OC(=O)NC(C)(C)C)C1. The summed E-state index contributed by atoms with van der Waals surface area (Å²) < 4.78 is 34.8. The lowest BCUT2D eigenvalue weighted by Gasteiger charge is -2.41. The minimum atomic E-state index is -4.04. The third kappa shape index (κ3) is 4.40. The molecule has 3 aromatic heterocycles. The number of aliphatic hydroxyl groups excluding tert-OH is 1. The normalized spacial score (nSPS) is 15.7. The number of alkyl carbamates (subject to hydrolysis) is 1. The molecular formula is C25H30N6O5S. The van der Waals surface area contributed by atoms with Crippen molar-refractivity contribution >= 4 is 38.0 Å². The number of nitrogens with one attached hydrogen (secondary N) is 2. The van der Waals surface area contributed by atoms with Crippen molar-refractivity contribution in [2.24, 2.45) is 0 Å². The molecule has 1 saturated heterocycles. The Labute approximate surface area is 214 Å². The molecule has 0 radical (unpaired) electrons. The molecular weight excluding hydrogens is 496 g/mol. The molecule has 12 heteroatoms. The van der Waals surface area contributed by atoms with Crippen molar-refractivity contribution in [2.45, 2.75) is 62.3 Å². The predicted octanol–water partition coefficient (Wildman–Crippen LogP) is 2.95. The molecule has 1 aliphatic rings. The number of imidazole rings is 1. The second-order valence-electron chi connectivity index (χ2n) is 10.4. The van der Waals surface area contributed by atoms with Crippen molar-refractivity contribution in [3.05, 3.63) is 47.9 Å². The van der Waals surface area contributed by atoms with E-state index in [0.29, 0.717) is 35.2 Å². The largest absolute Gasteiger partial charge is 0.442 e. The second kappa shape index (κ2) is 8.73. The zero-order valence-electron chi connectivity index (χ0n) is 21.3. The number of hydrogen-bond donors (Lipinski definition) is 3. The fourth-order valence-electron chi connectivity index (χ4n) is 4.47. The number of H-pyrrole nitrogens is 1. The third-order valence-corrected chi connectivity index (χ3v) is 7.98. The Morgan fingerprint density at radius 1 is 1.22 bits per heavy atom. The molecule has 1 atom stereocenters. The summed E-state index contributed by atoms with van der Waals surface area (Å²) in [5, 5.41) is 15.7. The van der Waals surface area contributed by atoms with Gasteiger partial charge in [-0.1, -0.05) is 18.2 Å². The van der Waals surface area contributed by atoms with E-state index in [2.05, 4.69) is 20.3 Å². The molecule has 11 nitrogen and oxygen atoms in total. The number of carbonyl (C=O) groups excluding carboxylic acids is 1. The van der Waals surface area contributed by atoms with E-state index in [4.69, 9.17) is 4.74 Å². The van der Waals surface area contributed by atoms with Crippen LogP contribution in [0.1, 0.15) is 45.2 Å². The van der Waals surface area contributed by atoms with Crippen molar-refractivity contribution in [2.75, 3.05) is 18.1 Å². The molecule has 0 aliphatic carbocycles. The first-order valence-corrected chi connectivity index (χ1v) is 13.5. The standard InChI is InChI=1S/C25H30N6O5S/c1-14-8-6-7-9-18(14)37(34,35)23-19-20(17-10-11-26-21(17)28-23)31(22(27-19)15(2)32)30-12-16(13-30)36-24(33)29-25(3,4)5/h6-11,15-16,32H,12-13H2,1-5H3,(H,26,28)(H,29,33)/t15-/m1/s1. The van der Waals surface area contributed by atoms with Gasteiger partial charge in [-0.25, -0.2) is 27.9 Å². The van der Waals surface area contributed by atoms with Crippen molar-refractivity contribution < 1.29 is 23.1 Å². The van der Waals surface area contributed by atoms with Crippen LogP contribution in [-0.2, 0) is 14.6 Å². The molecule has 0 spiro atoms. The number of ether oxygens (including phenoxy) is 1. The van der Waals surface area contributed by atoms with Crippen LogP contribution in [0.25, 0.3) is 22.1 Å². The molecule has 0 unspecified atom stereocenters. The Bertz CT molecular complexity index is 1610. The molecule has 1 aromatic carbocycles. The van der Waals surface area contributed by atoms with Crippen LogP contribution in [0.5, 0.6) is 0 Å². The minimum absolute atomic E-state index is 0.144. The Kier molecular flexibility index (Phi) is 5.91. The van der Waals surface area contributed by atoms with Gasteiger partial charge in [0.15, 0.2) is 10.9 Å². The van der Waals surface area contributed by atoms with Crippen LogP contribution in [0.4, 0.5) is 4.79 Å². The monoisotopic (exact) mass is 526 g/mol. The lowest BCUT2D eigenvalue weighted by atomic mass is 10.1. The number of amides is 1. The van der Waals surface area contributed by atoms with Gasteiger partial charge in [-0.3, -0.25) is 0 Å². The highest BCUT2D eigenvalue weighted by molar-refractivity contribution is 7.91. The van der Waals surface area contributed by atoms with Gasteiger partial charge in [0, 0.05) is 17.1 Å². The van der Waals surface area contributed by atoms with Gasteiger partial charge in [-0.15, -0.1) is 0 Å². The van der Waals surface area contributed by atoms with E-state index in [9.17, 15) is 18.3 Å². The van der Waals surface area contributed by atoms with Crippen LogP contribution >= 0.6 is 0 Å². The number of carbonyl (C=O) groups is 1. The lowest BCUT2D eigenvalue weighted by Crippen LogP contribution is -2.60. The van der Waals surface area contributed by atoms with Crippen LogP contribution in [0.2, 0.25) is 0 Å². The minimum Gasteiger partial charge on any atom is -0.442 e. The van der Waals surface area contributed by atoms with Crippen LogP contribution < -0.4 is 10.3 Å². The molecule has 4 heterocycles. The molecule has 3 N–H and O–H groups in total. The van der Waals surface area contributed by atoms with Gasteiger partial charge in [0.25, 0.3) is 0 Å². The van der Waals surface area contributed by atoms with Crippen molar-refractivity contribution in [3.63, 3.8) is 0 Å². The maximum atomic E-state index is 13.8. The summed E-state index contributed by atoms with van der Waals surface area (Å²) in [7, 11) is -4.04. The first-order valence-electron chi connectivity index (χ1n) is 12.0. The van der Waals surface area contributed by atoms with Gasteiger partial charge in [0.05, 0.1) is 18.0 Å². The predicted molar refractivity (Wildman–Crippen MR) is 138 cm³/mol. The van der Waals surface area contributed by atoms with Crippen LogP contribution in [-0.4, -0.2) is 64.0 Å². The van der Waals surface area contributed by atoms with E-state index in [1.807, 2.05) is 25.8 Å². The van der Waals surface area contributed by atoms with E-state index in [1.165, 1.54) is 0 Å². The van der Waals surface area contributed by atoms with Crippen LogP contribution in [0, 0.1) is 6.92 Å². The van der Waals surface area contributed by atoms with Gasteiger partial charge in [0.2, 0.25) is 9.84 Å². The fraction of sp³-hybridized carbons (Fsp3) is 0.400. The summed E-state index contributed by atoms with van der Waals surface area (Å²) in [4.78, 5) is 24.4. The van der Waals surface area contributed by atoms with Gasteiger partial charge in [-0.2, -0.15) is 0 Å². The average Bonchev–Trinajstić information content (AvgIpc) is 3.38. The number of aromatic nitrogens is 4. The molecule has 0 bridgehead atoms. The zero-order chi connectivity index (χ0) is 26.7. The van der Waals surface area contributed by atoms with Crippen molar-refractivity contribution in [1.29, 1.82) is 0 Å². The third-order valence-electron chi connectivity index (χ3n) is 6.15. The molecule has 0 saturated carbocycles. The van der Waals surface area contributed by atoms with Gasteiger partial charge in [0.1, 0.15) is 28.9 Å². The van der Waals surface area contributed by atoms with Gasteiger partial charge in [-0.05, 0) is 52.3 Å². The van der Waals surface area contributed by atoms with Gasteiger partial charge < -0.3 is 25.2 Å². The molecule has 1 amide bonds. The zero-order valence-corrected chi connectivity index (χ0v) is 22.1. The molecule has 1 aliphatic heterocycles. The Morgan fingerprint density at radius 2 is 1.92 bits per heavy atom. The highest BCUT2D eigenvalue weighted by Gasteiger charge is 2.37. The molecule has 37 heavy (non-hydrogen) atoms. The number of aryl methyl sites for hydroxylation is 1. The Hall–Kier alpha value is -3.64. The first kappa shape index (κ1) is 25.0. The van der Waals surface area contributed by atoms with Crippen LogP contribution in [0.15, 0.2) is 46.5 Å². The molecule has 196 valence electrons. The number of pyridine rings is 1. The fourth-order valence-corrected chi connectivity index (χ4v) is 6.03. The van der Waals surface area contributed by atoms with E-state index in [-0.39, 0.29) is 27.4 Å². The number of hydrogen-bond acceptors (Lipinski definition) is 8. The topological polar surface area (TPSA) is 142 Å². The van der Waals surface area contributed by atoms with E-state index in [0.717, 1.165) is 0 Å². The van der Waals surface area contributed by atoms with E-state index in [1.54, 1.807) is 55.1 Å². The number of aliphatic hydroxyl groups is 1. The quantitative estimate of drug-likeness (QED) is 0.360. The summed E-state index contributed by atoms with van der Waals surface area (Å²) in [6.45, 7) is 9.59. The summed E-state index contributed by atoms with van der Waals surface area (Å²) in [5.41, 5.74) is 1.23. The number of rotatable bonds is 5. The number of nitrogens with zero attached hydrogens (tertiary/aromatic N) is 4. The van der Waals surface area contributed by atoms with Gasteiger partial charge >= 0.3 is 6.09 Å². The highest BCUT2D eigenvalue weighted by Crippen LogP contribution is 2.35. The Balaban J connectivity index is 1.61. The molecule has 5 rings (SSSR count). The van der Waals surface area contributed by atoms with Crippen molar-refractivity contribution in [3.8, 4) is 0 Å². The number of sulfone groups is 1. The maximum Gasteiger partial charge on any atom is 0.407 e. The average molecular weight is 527 g/mol. The van der Waals surface area contributed by atoms with Crippen LogP contribution in [0.3, 0.4) is 0 Å². The summed E-state index contributed by atoms with van der Waals surface area (Å²) in [6, 6.07) is 8.51. The Morgan fingerprint density at radius 3 is 2.57 bits per heavy atom. The van der Waals surface area contributed by atoms with E-state index >= 15 is 0 Å². The number of aromatic amines is 1. The summed E-state index contributed by atoms with van der Waals surface area (Å²) in [5.74, 6) is 0.268. The second-order valence-corrected chi connectivity index (χ2v) is 12.2. The summed E-state index contributed by atoms with van der Waals surface area (Å²) >= 11 is 0. The number of fused-ring (bicyclic) bond motifs is 3. The number of benzene rings is 1. The maximum absolute atomic E-state index is 13.8. The smallest absolute Gasteiger partial charge is 0.407 e. The lowest BCUT2D eigenvalue weighted by molar-refractivity contribution is 0.0637.